The van der Waals surface area contributed by atoms with Crippen LogP contribution in [0.25, 0.3) is 0 Å². The lowest BCUT2D eigenvalue weighted by molar-refractivity contribution is 0.625. The molecular formula is C12H8Br2ClFS. The average molecular weight is 399 g/mol. The van der Waals surface area contributed by atoms with Gasteiger partial charge in [-0.05, 0) is 58.2 Å². The molecule has 0 fully saturated rings. The number of hydrogen-bond donors (Lipinski definition) is 0. The highest BCUT2D eigenvalue weighted by atomic mass is 79.9. The van der Waals surface area contributed by atoms with Gasteiger partial charge in [-0.2, -0.15) is 0 Å². The number of hydrogen-bond acceptors (Lipinski definition) is 1. The van der Waals surface area contributed by atoms with Crippen LogP contribution < -0.4 is 0 Å². The summed E-state index contributed by atoms with van der Waals surface area (Å²) in [7, 11) is 0. The second-order valence-electron chi connectivity index (χ2n) is 3.59. The second-order valence-corrected chi connectivity index (χ2v) is 7.52. The van der Waals surface area contributed by atoms with Crippen LogP contribution in [0.3, 0.4) is 0 Å². The van der Waals surface area contributed by atoms with Crippen molar-refractivity contribution in [1.29, 1.82) is 0 Å². The summed E-state index contributed by atoms with van der Waals surface area (Å²) in [4.78, 5) is 1.13. The molecule has 90 valence electrons. The highest BCUT2D eigenvalue weighted by Crippen LogP contribution is 2.39. The molecule has 0 N–H and O–H groups in total. The lowest BCUT2D eigenvalue weighted by Gasteiger charge is -2.12. The molecule has 0 spiro atoms. The van der Waals surface area contributed by atoms with E-state index in [-0.39, 0.29) is 11.2 Å². The Balaban J connectivity index is 2.46. The zero-order valence-electron chi connectivity index (χ0n) is 8.81. The van der Waals surface area contributed by atoms with E-state index >= 15 is 0 Å². The maximum Gasteiger partial charge on any atom is 0.123 e. The predicted molar refractivity (Wildman–Crippen MR) is 78.6 cm³/mol. The molecule has 0 aliphatic rings. The largest absolute Gasteiger partial charge is 0.207 e. The van der Waals surface area contributed by atoms with Gasteiger partial charge in [-0.15, -0.1) is 22.9 Å². The Morgan fingerprint density at radius 2 is 1.94 bits per heavy atom. The Kier molecular flexibility index (Phi) is 4.29. The Morgan fingerprint density at radius 3 is 2.53 bits per heavy atom. The van der Waals surface area contributed by atoms with Crippen LogP contribution >= 0.6 is 54.8 Å². The molecule has 2 aromatic rings. The monoisotopic (exact) mass is 396 g/mol. The van der Waals surface area contributed by atoms with E-state index in [1.54, 1.807) is 17.4 Å². The van der Waals surface area contributed by atoms with Gasteiger partial charge in [0.1, 0.15) is 5.82 Å². The first-order chi connectivity index (χ1) is 7.99. The van der Waals surface area contributed by atoms with Gasteiger partial charge in [-0.3, -0.25) is 0 Å². The fraction of sp³-hybridized carbons (Fsp3) is 0.167. The van der Waals surface area contributed by atoms with Crippen LogP contribution in [0.5, 0.6) is 0 Å². The average Bonchev–Trinajstić information content (AvgIpc) is 2.60. The zero-order chi connectivity index (χ0) is 12.6. The van der Waals surface area contributed by atoms with E-state index in [2.05, 4.69) is 31.9 Å². The molecule has 0 amide bonds. The summed E-state index contributed by atoms with van der Waals surface area (Å²) in [5, 5.41) is -0.345. The summed E-state index contributed by atoms with van der Waals surface area (Å²) < 4.78 is 15.1. The van der Waals surface area contributed by atoms with Crippen LogP contribution in [0.1, 0.15) is 21.4 Å². The molecule has 0 radical (unpaired) electrons. The molecule has 1 aromatic carbocycles. The Morgan fingerprint density at radius 1 is 1.24 bits per heavy atom. The van der Waals surface area contributed by atoms with Crippen LogP contribution in [-0.4, -0.2) is 0 Å². The SMILES string of the molecule is Cc1sc(Br)cc1C(Cl)c1cc(F)ccc1Br. The minimum absolute atomic E-state index is 0.277. The van der Waals surface area contributed by atoms with Crippen LogP contribution in [0.4, 0.5) is 4.39 Å². The van der Waals surface area contributed by atoms with Gasteiger partial charge in [-0.25, -0.2) is 4.39 Å². The smallest absolute Gasteiger partial charge is 0.123 e. The van der Waals surface area contributed by atoms with E-state index < -0.39 is 0 Å². The predicted octanol–water partition coefficient (Wildman–Crippen LogP) is 6.05. The van der Waals surface area contributed by atoms with Crippen LogP contribution in [0.2, 0.25) is 0 Å². The van der Waals surface area contributed by atoms with Crippen molar-refractivity contribution < 1.29 is 4.39 Å². The van der Waals surface area contributed by atoms with Gasteiger partial charge in [0.25, 0.3) is 0 Å². The van der Waals surface area contributed by atoms with Gasteiger partial charge in [0.2, 0.25) is 0 Å². The first kappa shape index (κ1) is 13.5. The van der Waals surface area contributed by atoms with Gasteiger partial charge < -0.3 is 0 Å². The molecule has 0 bridgehead atoms. The van der Waals surface area contributed by atoms with Gasteiger partial charge >= 0.3 is 0 Å². The molecule has 1 heterocycles. The van der Waals surface area contributed by atoms with Gasteiger partial charge in [-0.1, -0.05) is 15.9 Å². The molecule has 0 saturated heterocycles. The lowest BCUT2D eigenvalue weighted by Crippen LogP contribution is -1.95. The van der Waals surface area contributed by atoms with E-state index in [0.29, 0.717) is 0 Å². The Bertz CT molecular complexity index is 553. The molecule has 0 nitrogen and oxygen atoms in total. The minimum atomic E-state index is -0.345. The van der Waals surface area contributed by atoms with Crippen molar-refractivity contribution >= 4 is 54.8 Å². The maximum absolute atomic E-state index is 13.2. The van der Waals surface area contributed by atoms with Crippen molar-refractivity contribution in [2.24, 2.45) is 0 Å². The van der Waals surface area contributed by atoms with Crippen molar-refractivity contribution in [3.05, 3.63) is 54.3 Å². The topological polar surface area (TPSA) is 0 Å². The van der Waals surface area contributed by atoms with Crippen molar-refractivity contribution in [3.63, 3.8) is 0 Å². The van der Waals surface area contributed by atoms with Crippen molar-refractivity contribution in [1.82, 2.24) is 0 Å². The van der Waals surface area contributed by atoms with Crippen molar-refractivity contribution in [2.75, 3.05) is 0 Å². The molecule has 17 heavy (non-hydrogen) atoms. The fourth-order valence-corrected chi connectivity index (χ4v) is 4.41. The molecule has 0 aliphatic heterocycles. The van der Waals surface area contributed by atoms with Gasteiger partial charge in [0, 0.05) is 9.35 Å². The standard InChI is InChI=1S/C12H8Br2ClFS/c1-6-8(5-11(14)17-6)12(15)9-4-7(16)2-3-10(9)13/h2-5,12H,1H3. The van der Waals surface area contributed by atoms with Crippen molar-refractivity contribution in [2.45, 2.75) is 12.3 Å². The number of halogens is 4. The number of aryl methyl sites for hydroxylation is 1. The van der Waals surface area contributed by atoms with E-state index in [1.807, 2.05) is 13.0 Å². The van der Waals surface area contributed by atoms with E-state index in [4.69, 9.17) is 11.6 Å². The zero-order valence-corrected chi connectivity index (χ0v) is 13.6. The summed E-state index contributed by atoms with van der Waals surface area (Å²) in [6.45, 7) is 2.01. The van der Waals surface area contributed by atoms with Gasteiger partial charge in [0.05, 0.1) is 9.16 Å². The Hall–Kier alpha value is 0.1000. The summed E-state index contributed by atoms with van der Waals surface area (Å²) in [6.07, 6.45) is 0. The summed E-state index contributed by atoms with van der Waals surface area (Å²) in [5.41, 5.74) is 1.76. The quantitative estimate of drug-likeness (QED) is 0.540. The molecule has 1 aromatic heterocycles. The second kappa shape index (κ2) is 5.39. The number of alkyl halides is 1. The number of thiophene rings is 1. The molecule has 5 heteroatoms. The highest BCUT2D eigenvalue weighted by molar-refractivity contribution is 9.11. The summed E-state index contributed by atoms with van der Waals surface area (Å²) in [6, 6.07) is 6.53. The third-order valence-corrected chi connectivity index (χ3v) is 5.19. The number of benzene rings is 1. The molecule has 2 rings (SSSR count). The molecule has 0 saturated carbocycles. The first-order valence-electron chi connectivity index (χ1n) is 4.84. The van der Waals surface area contributed by atoms with E-state index in [0.717, 1.165) is 24.3 Å². The summed E-state index contributed by atoms with van der Waals surface area (Å²) in [5.74, 6) is -0.277. The van der Waals surface area contributed by atoms with Crippen LogP contribution in [0, 0.1) is 12.7 Å². The molecule has 1 unspecified atom stereocenters. The van der Waals surface area contributed by atoms with E-state index in [9.17, 15) is 4.39 Å². The van der Waals surface area contributed by atoms with Crippen molar-refractivity contribution in [3.8, 4) is 0 Å². The third-order valence-electron chi connectivity index (χ3n) is 2.43. The molecule has 0 aliphatic carbocycles. The third kappa shape index (κ3) is 2.92. The summed E-state index contributed by atoms with van der Waals surface area (Å²) >= 11 is 14.9. The maximum atomic E-state index is 13.2. The molecular weight excluding hydrogens is 390 g/mol. The minimum Gasteiger partial charge on any atom is -0.207 e. The first-order valence-corrected chi connectivity index (χ1v) is 7.68. The van der Waals surface area contributed by atoms with E-state index in [1.165, 1.54) is 12.1 Å². The normalized spacial score (nSPS) is 12.8. The lowest BCUT2D eigenvalue weighted by atomic mass is 10.1. The highest BCUT2D eigenvalue weighted by Gasteiger charge is 2.18. The molecule has 1 atom stereocenters. The fourth-order valence-electron chi connectivity index (χ4n) is 1.59. The number of rotatable bonds is 2. The van der Waals surface area contributed by atoms with Crippen LogP contribution in [-0.2, 0) is 0 Å². The van der Waals surface area contributed by atoms with Gasteiger partial charge in [0.15, 0.2) is 0 Å². The Labute approximate surface area is 125 Å². The van der Waals surface area contributed by atoms with Crippen LogP contribution in [0.15, 0.2) is 32.5 Å².